The summed E-state index contributed by atoms with van der Waals surface area (Å²) in [6, 6.07) is 6.97. The predicted octanol–water partition coefficient (Wildman–Crippen LogP) is 2.68. The van der Waals surface area contributed by atoms with Crippen LogP contribution in [-0.4, -0.2) is 30.8 Å². The van der Waals surface area contributed by atoms with Crippen LogP contribution in [0.15, 0.2) is 36.9 Å². The number of benzene rings is 1. The molecule has 0 N–H and O–H groups in total. The standard InChI is InChI=1S/C17H22O5/c1-5-10-21-15(18)12-13-8-7-9-14(11-13)22-17(3,4)16(19)20-6-2/h5,7-9,11H,1,6,10,12H2,2-4H3. The van der Waals surface area contributed by atoms with Crippen LogP contribution in [0.2, 0.25) is 0 Å². The van der Waals surface area contributed by atoms with E-state index in [4.69, 9.17) is 14.2 Å². The van der Waals surface area contributed by atoms with Gasteiger partial charge in [0.25, 0.3) is 0 Å². The monoisotopic (exact) mass is 306 g/mol. The third-order valence-electron chi connectivity index (χ3n) is 2.75. The van der Waals surface area contributed by atoms with Crippen LogP contribution in [0.4, 0.5) is 0 Å². The Morgan fingerprint density at radius 3 is 2.64 bits per heavy atom. The summed E-state index contributed by atoms with van der Waals surface area (Å²) in [5.41, 5.74) is -0.357. The van der Waals surface area contributed by atoms with Crippen molar-refractivity contribution < 1.29 is 23.8 Å². The van der Waals surface area contributed by atoms with Gasteiger partial charge in [0.2, 0.25) is 0 Å². The van der Waals surface area contributed by atoms with Gasteiger partial charge in [0.1, 0.15) is 12.4 Å². The van der Waals surface area contributed by atoms with E-state index in [2.05, 4.69) is 6.58 Å². The van der Waals surface area contributed by atoms with Gasteiger partial charge in [-0.15, -0.1) is 0 Å². The first-order valence-electron chi connectivity index (χ1n) is 7.10. The van der Waals surface area contributed by atoms with Gasteiger partial charge < -0.3 is 14.2 Å². The first kappa shape index (κ1) is 17.8. The maximum Gasteiger partial charge on any atom is 0.349 e. The van der Waals surface area contributed by atoms with Crippen molar-refractivity contribution in [3.8, 4) is 5.75 Å². The zero-order chi connectivity index (χ0) is 16.6. The lowest BCUT2D eigenvalue weighted by molar-refractivity contribution is -0.158. The van der Waals surface area contributed by atoms with E-state index < -0.39 is 11.6 Å². The molecule has 0 heterocycles. The quantitative estimate of drug-likeness (QED) is 0.546. The minimum absolute atomic E-state index is 0.130. The summed E-state index contributed by atoms with van der Waals surface area (Å²) < 4.78 is 15.6. The number of esters is 2. The second-order valence-corrected chi connectivity index (χ2v) is 5.13. The number of hydrogen-bond donors (Lipinski definition) is 0. The molecule has 120 valence electrons. The highest BCUT2D eigenvalue weighted by Crippen LogP contribution is 2.21. The van der Waals surface area contributed by atoms with E-state index in [0.717, 1.165) is 5.56 Å². The molecule has 5 nitrogen and oxygen atoms in total. The van der Waals surface area contributed by atoms with Crippen molar-refractivity contribution >= 4 is 11.9 Å². The van der Waals surface area contributed by atoms with Crippen LogP contribution in [0, 0.1) is 0 Å². The van der Waals surface area contributed by atoms with Crippen LogP contribution in [-0.2, 0) is 25.5 Å². The number of carbonyl (C=O) groups excluding carboxylic acids is 2. The number of carbonyl (C=O) groups is 2. The van der Waals surface area contributed by atoms with E-state index in [9.17, 15) is 9.59 Å². The van der Waals surface area contributed by atoms with Gasteiger partial charge in [-0.2, -0.15) is 0 Å². The van der Waals surface area contributed by atoms with Crippen molar-refractivity contribution in [1.29, 1.82) is 0 Å². The molecule has 0 fully saturated rings. The first-order chi connectivity index (χ1) is 10.4. The molecule has 5 heteroatoms. The molecule has 0 aliphatic heterocycles. The Morgan fingerprint density at radius 1 is 1.27 bits per heavy atom. The third-order valence-corrected chi connectivity index (χ3v) is 2.75. The second-order valence-electron chi connectivity index (χ2n) is 5.13. The van der Waals surface area contributed by atoms with Gasteiger partial charge in [-0.05, 0) is 38.5 Å². The van der Waals surface area contributed by atoms with E-state index in [-0.39, 0.29) is 19.0 Å². The summed E-state index contributed by atoms with van der Waals surface area (Å²) in [4.78, 5) is 23.4. The molecule has 0 aliphatic rings. The molecular formula is C17H22O5. The number of ether oxygens (including phenoxy) is 3. The second kappa shape index (κ2) is 8.22. The van der Waals surface area contributed by atoms with Crippen molar-refractivity contribution in [2.45, 2.75) is 32.8 Å². The van der Waals surface area contributed by atoms with E-state index in [1.54, 1.807) is 45.0 Å². The topological polar surface area (TPSA) is 61.8 Å². The third kappa shape index (κ3) is 5.60. The Kier molecular flexibility index (Phi) is 6.63. The van der Waals surface area contributed by atoms with Gasteiger partial charge in [0.15, 0.2) is 5.60 Å². The van der Waals surface area contributed by atoms with Gasteiger partial charge in [-0.25, -0.2) is 4.79 Å². The summed E-state index contributed by atoms with van der Waals surface area (Å²) in [7, 11) is 0. The normalized spacial score (nSPS) is 10.7. The molecule has 0 amide bonds. The summed E-state index contributed by atoms with van der Waals surface area (Å²) in [6.45, 7) is 8.97. The Bertz CT molecular complexity index is 534. The van der Waals surface area contributed by atoms with Gasteiger partial charge in [0.05, 0.1) is 13.0 Å². The summed E-state index contributed by atoms with van der Waals surface area (Å²) >= 11 is 0. The summed E-state index contributed by atoms with van der Waals surface area (Å²) in [5, 5.41) is 0. The SMILES string of the molecule is C=CCOC(=O)Cc1cccc(OC(C)(C)C(=O)OCC)c1. The molecule has 1 aromatic rings. The molecule has 0 saturated carbocycles. The Balaban J connectivity index is 2.73. The lowest BCUT2D eigenvalue weighted by Crippen LogP contribution is -2.39. The van der Waals surface area contributed by atoms with E-state index >= 15 is 0 Å². The Morgan fingerprint density at radius 2 is 2.00 bits per heavy atom. The zero-order valence-corrected chi connectivity index (χ0v) is 13.3. The van der Waals surface area contributed by atoms with E-state index in [1.165, 1.54) is 6.08 Å². The predicted molar refractivity (Wildman–Crippen MR) is 82.6 cm³/mol. The minimum Gasteiger partial charge on any atom is -0.476 e. The van der Waals surface area contributed by atoms with Gasteiger partial charge in [0, 0.05) is 0 Å². The average molecular weight is 306 g/mol. The molecule has 1 rings (SSSR count). The Labute approximate surface area is 130 Å². The van der Waals surface area contributed by atoms with Crippen molar-refractivity contribution in [3.63, 3.8) is 0 Å². The van der Waals surface area contributed by atoms with Crippen LogP contribution in [0.5, 0.6) is 5.75 Å². The maximum absolute atomic E-state index is 11.8. The molecule has 0 aromatic heterocycles. The van der Waals surface area contributed by atoms with Crippen LogP contribution in [0.3, 0.4) is 0 Å². The molecule has 0 unspecified atom stereocenters. The lowest BCUT2D eigenvalue weighted by Gasteiger charge is -2.24. The average Bonchev–Trinajstić information content (AvgIpc) is 2.45. The molecule has 0 aliphatic carbocycles. The van der Waals surface area contributed by atoms with Crippen molar-refractivity contribution in [3.05, 3.63) is 42.5 Å². The fourth-order valence-electron chi connectivity index (χ4n) is 1.73. The van der Waals surface area contributed by atoms with Crippen molar-refractivity contribution in [2.75, 3.05) is 13.2 Å². The molecule has 0 saturated heterocycles. The zero-order valence-electron chi connectivity index (χ0n) is 13.3. The minimum atomic E-state index is -1.10. The lowest BCUT2D eigenvalue weighted by atomic mass is 10.1. The van der Waals surface area contributed by atoms with Crippen LogP contribution < -0.4 is 4.74 Å². The number of rotatable bonds is 8. The smallest absolute Gasteiger partial charge is 0.349 e. The molecular weight excluding hydrogens is 284 g/mol. The van der Waals surface area contributed by atoms with Crippen LogP contribution in [0.1, 0.15) is 26.3 Å². The molecule has 0 radical (unpaired) electrons. The van der Waals surface area contributed by atoms with E-state index in [1.807, 2.05) is 0 Å². The largest absolute Gasteiger partial charge is 0.476 e. The van der Waals surface area contributed by atoms with E-state index in [0.29, 0.717) is 12.4 Å². The van der Waals surface area contributed by atoms with Crippen LogP contribution in [0.25, 0.3) is 0 Å². The van der Waals surface area contributed by atoms with Gasteiger partial charge in [-0.1, -0.05) is 24.8 Å². The van der Waals surface area contributed by atoms with Crippen molar-refractivity contribution in [2.24, 2.45) is 0 Å². The fourth-order valence-corrected chi connectivity index (χ4v) is 1.73. The summed E-state index contributed by atoms with van der Waals surface area (Å²) in [5.74, 6) is -0.292. The molecule has 1 aromatic carbocycles. The van der Waals surface area contributed by atoms with Crippen LogP contribution >= 0.6 is 0 Å². The highest BCUT2D eigenvalue weighted by molar-refractivity contribution is 5.79. The molecule has 0 bridgehead atoms. The molecule has 0 atom stereocenters. The fraction of sp³-hybridized carbons (Fsp3) is 0.412. The molecule has 0 spiro atoms. The molecule has 22 heavy (non-hydrogen) atoms. The van der Waals surface area contributed by atoms with Crippen molar-refractivity contribution in [1.82, 2.24) is 0 Å². The maximum atomic E-state index is 11.8. The van der Waals surface area contributed by atoms with Gasteiger partial charge in [-0.3, -0.25) is 4.79 Å². The number of hydrogen-bond acceptors (Lipinski definition) is 5. The highest BCUT2D eigenvalue weighted by atomic mass is 16.6. The highest BCUT2D eigenvalue weighted by Gasteiger charge is 2.31. The van der Waals surface area contributed by atoms with Gasteiger partial charge >= 0.3 is 11.9 Å². The Hall–Kier alpha value is -2.30. The first-order valence-corrected chi connectivity index (χ1v) is 7.10. The summed E-state index contributed by atoms with van der Waals surface area (Å²) in [6.07, 6.45) is 1.64.